The van der Waals surface area contributed by atoms with Crippen LogP contribution in [0.3, 0.4) is 0 Å². The highest BCUT2D eigenvalue weighted by molar-refractivity contribution is 5.64. The fourth-order valence-corrected chi connectivity index (χ4v) is 2.64. The van der Waals surface area contributed by atoms with Crippen molar-refractivity contribution in [1.29, 1.82) is 0 Å². The number of carbonyl (C=O) groups is 1. The largest absolute Gasteiger partial charge is 0.508 e. The van der Waals surface area contributed by atoms with Gasteiger partial charge < -0.3 is 20.8 Å². The Hall–Kier alpha value is -2.81. The fourth-order valence-electron chi connectivity index (χ4n) is 2.64. The maximum Gasteiger partial charge on any atom is 0.433 e. The number of hydrogen-bond donors (Lipinski definition) is 4. The Kier molecular flexibility index (Phi) is 6.62. The van der Waals surface area contributed by atoms with Crippen LogP contribution in [-0.4, -0.2) is 27.3 Å². The molecule has 27 heavy (non-hydrogen) atoms. The molecule has 146 valence electrons. The summed E-state index contributed by atoms with van der Waals surface area (Å²) in [6, 6.07) is 8.03. The Morgan fingerprint density at radius 1 is 1.26 bits per heavy atom. The molecule has 2 rings (SSSR count). The average Bonchev–Trinajstić information content (AvgIpc) is 2.57. The highest BCUT2D eigenvalue weighted by atomic mass is 19.4. The number of hydrogen-bond acceptors (Lipinski definition) is 4. The van der Waals surface area contributed by atoms with Gasteiger partial charge in [0.05, 0.1) is 0 Å². The zero-order valence-electron chi connectivity index (χ0n) is 14.5. The van der Waals surface area contributed by atoms with Crippen LogP contribution in [0.25, 0.3) is 0 Å². The maximum atomic E-state index is 12.6. The highest BCUT2D eigenvalue weighted by Gasteiger charge is 2.32. The monoisotopic (exact) mass is 383 g/mol. The summed E-state index contributed by atoms with van der Waals surface area (Å²) in [6.07, 6.45) is -4.12. The number of nitrogens with one attached hydrogen (secondary N) is 2. The first-order chi connectivity index (χ1) is 12.6. The van der Waals surface area contributed by atoms with Gasteiger partial charge >= 0.3 is 12.3 Å². The highest BCUT2D eigenvalue weighted by Crippen LogP contribution is 2.27. The van der Waals surface area contributed by atoms with Gasteiger partial charge in [-0.3, -0.25) is 4.98 Å². The zero-order chi connectivity index (χ0) is 20.0. The van der Waals surface area contributed by atoms with E-state index in [4.69, 9.17) is 5.11 Å². The number of halogens is 3. The Morgan fingerprint density at radius 3 is 2.56 bits per heavy atom. The standard InChI is InChI=1S/C18H20F3N3O3/c1-11(24-17(26)27)7-15(13-3-2-4-14(25)8-13)22-9-12-5-6-16(23-10-12)18(19,20)21/h2-6,8,10-11,15,22,24-25H,7,9H2,1H3,(H,26,27)/t11-,15?/m0/s1. The minimum absolute atomic E-state index is 0.0642. The number of nitrogens with zero attached hydrogens (tertiary/aromatic N) is 1. The Morgan fingerprint density at radius 2 is 2.00 bits per heavy atom. The summed E-state index contributed by atoms with van der Waals surface area (Å²) in [6.45, 7) is 1.93. The van der Waals surface area contributed by atoms with Crippen LogP contribution in [0.4, 0.5) is 18.0 Å². The predicted molar refractivity (Wildman–Crippen MR) is 92.2 cm³/mol. The van der Waals surface area contributed by atoms with E-state index in [0.29, 0.717) is 12.0 Å². The molecule has 0 fully saturated rings. The molecule has 6 nitrogen and oxygen atoms in total. The number of alkyl halides is 3. The molecule has 0 bridgehead atoms. The van der Waals surface area contributed by atoms with Crippen LogP contribution in [0.1, 0.15) is 36.2 Å². The third-order valence-electron chi connectivity index (χ3n) is 3.90. The van der Waals surface area contributed by atoms with Crippen molar-refractivity contribution < 1.29 is 28.2 Å². The number of pyridine rings is 1. The number of phenolic OH excluding ortho intramolecular Hbond substituents is 1. The lowest BCUT2D eigenvalue weighted by molar-refractivity contribution is -0.141. The van der Waals surface area contributed by atoms with Crippen molar-refractivity contribution in [2.75, 3.05) is 0 Å². The first kappa shape index (κ1) is 20.5. The van der Waals surface area contributed by atoms with Gasteiger partial charge in [0.2, 0.25) is 0 Å². The van der Waals surface area contributed by atoms with Crippen LogP contribution >= 0.6 is 0 Å². The number of rotatable bonds is 7. The smallest absolute Gasteiger partial charge is 0.433 e. The molecule has 4 N–H and O–H groups in total. The molecule has 2 aromatic rings. The summed E-state index contributed by atoms with van der Waals surface area (Å²) in [4.78, 5) is 14.2. The van der Waals surface area contributed by atoms with Crippen molar-refractivity contribution >= 4 is 6.09 Å². The Balaban J connectivity index is 2.10. The molecular formula is C18H20F3N3O3. The van der Waals surface area contributed by atoms with Gasteiger partial charge in [0.25, 0.3) is 0 Å². The molecule has 9 heteroatoms. The predicted octanol–water partition coefficient (Wildman–Crippen LogP) is 3.68. The van der Waals surface area contributed by atoms with Gasteiger partial charge in [-0.25, -0.2) is 4.79 Å². The van der Waals surface area contributed by atoms with Gasteiger partial charge in [-0.2, -0.15) is 13.2 Å². The number of aromatic nitrogens is 1. The second-order valence-electron chi connectivity index (χ2n) is 6.16. The van der Waals surface area contributed by atoms with Crippen LogP contribution in [-0.2, 0) is 12.7 Å². The van der Waals surface area contributed by atoms with Crippen molar-refractivity contribution in [3.8, 4) is 5.75 Å². The number of benzene rings is 1. The molecule has 0 radical (unpaired) electrons. The fraction of sp³-hybridized carbons (Fsp3) is 0.333. The van der Waals surface area contributed by atoms with Crippen molar-refractivity contribution in [3.05, 3.63) is 59.4 Å². The lowest BCUT2D eigenvalue weighted by atomic mass is 9.99. The molecule has 0 spiro atoms. The van der Waals surface area contributed by atoms with Crippen molar-refractivity contribution in [2.45, 2.75) is 38.1 Å². The van der Waals surface area contributed by atoms with Gasteiger partial charge in [0, 0.05) is 24.8 Å². The van der Waals surface area contributed by atoms with Crippen LogP contribution in [0.15, 0.2) is 42.6 Å². The van der Waals surface area contributed by atoms with E-state index < -0.39 is 18.0 Å². The van der Waals surface area contributed by atoms with Gasteiger partial charge in [0.15, 0.2) is 0 Å². The van der Waals surface area contributed by atoms with Crippen molar-refractivity contribution in [2.24, 2.45) is 0 Å². The third kappa shape index (κ3) is 6.45. The van der Waals surface area contributed by atoms with Crippen molar-refractivity contribution in [1.82, 2.24) is 15.6 Å². The summed E-state index contributed by atoms with van der Waals surface area (Å²) in [5.41, 5.74) is 0.316. The first-order valence-electron chi connectivity index (χ1n) is 8.19. The van der Waals surface area contributed by atoms with Crippen molar-refractivity contribution in [3.63, 3.8) is 0 Å². The second kappa shape index (κ2) is 8.72. The van der Waals surface area contributed by atoms with E-state index in [2.05, 4.69) is 15.6 Å². The van der Waals surface area contributed by atoms with Crippen LogP contribution in [0, 0.1) is 0 Å². The second-order valence-corrected chi connectivity index (χ2v) is 6.16. The molecule has 1 aromatic carbocycles. The van der Waals surface area contributed by atoms with E-state index in [1.165, 1.54) is 12.1 Å². The minimum Gasteiger partial charge on any atom is -0.508 e. The van der Waals surface area contributed by atoms with E-state index in [0.717, 1.165) is 17.8 Å². The Labute approximate surface area is 154 Å². The van der Waals surface area contributed by atoms with Crippen LogP contribution in [0.5, 0.6) is 5.75 Å². The molecule has 0 saturated carbocycles. The molecule has 0 aliphatic carbocycles. The number of amides is 1. The van der Waals surface area contributed by atoms with E-state index in [1.54, 1.807) is 25.1 Å². The zero-order valence-corrected chi connectivity index (χ0v) is 14.5. The third-order valence-corrected chi connectivity index (χ3v) is 3.90. The minimum atomic E-state index is -4.49. The van der Waals surface area contributed by atoms with E-state index in [-0.39, 0.29) is 24.4 Å². The summed E-state index contributed by atoms with van der Waals surface area (Å²) in [5.74, 6) is 0.0642. The maximum absolute atomic E-state index is 12.6. The molecule has 1 amide bonds. The van der Waals surface area contributed by atoms with E-state index in [9.17, 15) is 23.1 Å². The SMILES string of the molecule is C[C@@H](CC(NCc1ccc(C(F)(F)F)nc1)c1cccc(O)c1)NC(=O)O. The molecule has 1 unspecified atom stereocenters. The van der Waals surface area contributed by atoms with E-state index >= 15 is 0 Å². The summed E-state index contributed by atoms with van der Waals surface area (Å²) < 4.78 is 37.8. The summed E-state index contributed by atoms with van der Waals surface area (Å²) >= 11 is 0. The molecule has 0 aliphatic rings. The van der Waals surface area contributed by atoms with Crippen LogP contribution < -0.4 is 10.6 Å². The summed E-state index contributed by atoms with van der Waals surface area (Å²) in [5, 5.41) is 24.1. The number of carboxylic acid groups (broad SMARTS) is 1. The first-order valence-corrected chi connectivity index (χ1v) is 8.19. The molecule has 0 saturated heterocycles. The molecule has 2 atom stereocenters. The molecule has 0 aliphatic heterocycles. The lowest BCUT2D eigenvalue weighted by Gasteiger charge is -2.23. The molecule has 1 aromatic heterocycles. The lowest BCUT2D eigenvalue weighted by Crippen LogP contribution is -2.35. The molecular weight excluding hydrogens is 363 g/mol. The molecule has 1 heterocycles. The topological polar surface area (TPSA) is 94.5 Å². The number of phenols is 1. The average molecular weight is 383 g/mol. The van der Waals surface area contributed by atoms with Gasteiger partial charge in [0.1, 0.15) is 11.4 Å². The van der Waals surface area contributed by atoms with E-state index in [1.807, 2.05) is 0 Å². The normalized spacial score (nSPS) is 13.8. The summed E-state index contributed by atoms with van der Waals surface area (Å²) in [7, 11) is 0. The van der Waals surface area contributed by atoms with Gasteiger partial charge in [-0.15, -0.1) is 0 Å². The van der Waals surface area contributed by atoms with Gasteiger partial charge in [-0.1, -0.05) is 18.2 Å². The van der Waals surface area contributed by atoms with Crippen LogP contribution in [0.2, 0.25) is 0 Å². The Bertz CT molecular complexity index is 766. The van der Waals surface area contributed by atoms with Gasteiger partial charge in [-0.05, 0) is 42.7 Å². The number of aromatic hydroxyl groups is 1. The quantitative estimate of drug-likeness (QED) is 0.585.